The number of nitrogens with one attached hydrogen (secondary N) is 2. The van der Waals surface area contributed by atoms with Crippen LogP contribution in [0.5, 0.6) is 0 Å². The molecule has 4 unspecified atom stereocenters. The molecule has 2 aliphatic rings. The van der Waals surface area contributed by atoms with Crippen molar-refractivity contribution in [3.63, 3.8) is 0 Å². The molecule has 0 bridgehead atoms. The highest BCUT2D eigenvalue weighted by Crippen LogP contribution is 2.23. The summed E-state index contributed by atoms with van der Waals surface area (Å²) in [4.78, 5) is 7.04. The zero-order valence-electron chi connectivity index (χ0n) is 19.4. The van der Waals surface area contributed by atoms with Gasteiger partial charge < -0.3 is 10.6 Å². The van der Waals surface area contributed by atoms with Crippen LogP contribution in [0.3, 0.4) is 0 Å². The Labute approximate surface area is 208 Å². The van der Waals surface area contributed by atoms with Crippen molar-refractivity contribution >= 4 is 40.7 Å². The number of piperidine rings is 1. The van der Waals surface area contributed by atoms with Crippen LogP contribution in [0.1, 0.15) is 63.5 Å². The largest absolute Gasteiger partial charge is 0.354 e. The highest BCUT2D eigenvalue weighted by atomic mass is 127. The molecule has 5 nitrogen and oxygen atoms in total. The van der Waals surface area contributed by atoms with E-state index in [1.54, 1.807) is 0 Å². The molecule has 4 atom stereocenters. The first-order valence-corrected chi connectivity index (χ1v) is 13.1. The molecular weight excluding hydrogens is 519 g/mol. The van der Waals surface area contributed by atoms with E-state index in [0.29, 0.717) is 11.3 Å². The Hall–Kier alpha value is -0.670. The molecule has 1 aromatic rings. The molecular formula is C24H41IN4OS. The molecule has 1 aliphatic heterocycles. The first kappa shape index (κ1) is 26.6. The molecule has 0 spiro atoms. The molecule has 1 heterocycles. The number of nitrogens with zero attached hydrogens (tertiary/aromatic N) is 2. The van der Waals surface area contributed by atoms with Crippen LogP contribution >= 0.6 is 24.0 Å². The standard InChI is InChI=1S/C24H40N4OS.HI/c1-4-30(29)23-13-7-12-22(15-23)27-24(25-3)26-16-20-10-5-6-11-21(20)18-28-14-8-9-19(2)17-28;/h5-6,10-11,19,22-23H,4,7-9,12-18H2,1-3H3,(H2,25,26,27);1H. The minimum atomic E-state index is -0.699. The van der Waals surface area contributed by atoms with Crippen LogP contribution in [0.2, 0.25) is 0 Å². The van der Waals surface area contributed by atoms with Crippen molar-refractivity contribution in [3.8, 4) is 0 Å². The van der Waals surface area contributed by atoms with E-state index in [9.17, 15) is 4.21 Å². The van der Waals surface area contributed by atoms with E-state index < -0.39 is 10.8 Å². The molecule has 1 aromatic carbocycles. The number of halogens is 1. The van der Waals surface area contributed by atoms with Gasteiger partial charge in [0, 0.05) is 54.5 Å². The Morgan fingerprint density at radius 3 is 2.68 bits per heavy atom. The summed E-state index contributed by atoms with van der Waals surface area (Å²) in [6.45, 7) is 8.60. The summed E-state index contributed by atoms with van der Waals surface area (Å²) in [6.07, 6.45) is 7.00. The highest BCUT2D eigenvalue weighted by Gasteiger charge is 2.26. The highest BCUT2D eigenvalue weighted by molar-refractivity contribution is 14.0. The van der Waals surface area contributed by atoms with Gasteiger partial charge in [0.2, 0.25) is 0 Å². The number of rotatable bonds is 7. The van der Waals surface area contributed by atoms with Gasteiger partial charge >= 0.3 is 0 Å². The average Bonchev–Trinajstić information content (AvgIpc) is 2.77. The van der Waals surface area contributed by atoms with Crippen LogP contribution in [0.15, 0.2) is 29.3 Å². The molecule has 31 heavy (non-hydrogen) atoms. The van der Waals surface area contributed by atoms with Gasteiger partial charge in [-0.2, -0.15) is 0 Å². The minimum Gasteiger partial charge on any atom is -0.354 e. The smallest absolute Gasteiger partial charge is 0.191 e. The molecule has 2 fully saturated rings. The monoisotopic (exact) mass is 560 g/mol. The van der Waals surface area contributed by atoms with E-state index in [4.69, 9.17) is 0 Å². The van der Waals surface area contributed by atoms with Gasteiger partial charge in [-0.1, -0.05) is 44.5 Å². The van der Waals surface area contributed by atoms with E-state index >= 15 is 0 Å². The summed E-state index contributed by atoms with van der Waals surface area (Å²) < 4.78 is 12.2. The third-order valence-corrected chi connectivity index (χ3v) is 8.29. The topological polar surface area (TPSA) is 56.7 Å². The lowest BCUT2D eigenvalue weighted by molar-refractivity contribution is 0.176. The van der Waals surface area contributed by atoms with Gasteiger partial charge in [-0.25, -0.2) is 0 Å². The van der Waals surface area contributed by atoms with Crippen LogP contribution in [-0.2, 0) is 23.9 Å². The zero-order chi connectivity index (χ0) is 21.3. The van der Waals surface area contributed by atoms with E-state index in [2.05, 4.69) is 51.7 Å². The summed E-state index contributed by atoms with van der Waals surface area (Å²) in [6, 6.07) is 9.12. The van der Waals surface area contributed by atoms with Crippen LogP contribution < -0.4 is 10.6 Å². The van der Waals surface area contributed by atoms with Gasteiger partial charge in [0.05, 0.1) is 0 Å². The maximum absolute atomic E-state index is 12.2. The summed E-state index contributed by atoms with van der Waals surface area (Å²) in [5, 5.41) is 7.43. The SMILES string of the molecule is CCS(=O)C1CCCC(NC(=NC)NCc2ccccc2CN2CCCC(C)C2)C1.I. The fourth-order valence-electron chi connectivity index (χ4n) is 4.87. The molecule has 1 saturated heterocycles. The van der Waals surface area contributed by atoms with Crippen molar-refractivity contribution in [1.29, 1.82) is 0 Å². The van der Waals surface area contributed by atoms with Crippen molar-refractivity contribution in [3.05, 3.63) is 35.4 Å². The Morgan fingerprint density at radius 1 is 1.19 bits per heavy atom. The molecule has 1 saturated carbocycles. The van der Waals surface area contributed by atoms with Crippen LogP contribution in [0.4, 0.5) is 0 Å². The lowest BCUT2D eigenvalue weighted by Gasteiger charge is -2.31. The van der Waals surface area contributed by atoms with Crippen LogP contribution in [0, 0.1) is 5.92 Å². The second-order valence-corrected chi connectivity index (χ2v) is 11.0. The maximum Gasteiger partial charge on any atom is 0.191 e. The lowest BCUT2D eigenvalue weighted by Crippen LogP contribution is -2.46. The molecule has 0 amide bonds. The third kappa shape index (κ3) is 8.31. The van der Waals surface area contributed by atoms with E-state index in [1.165, 1.54) is 37.1 Å². The van der Waals surface area contributed by atoms with E-state index in [1.807, 2.05) is 14.0 Å². The number of likely N-dealkylation sites (tertiary alicyclic amines) is 1. The Balaban J connectivity index is 0.00000341. The van der Waals surface area contributed by atoms with Gasteiger partial charge in [0.1, 0.15) is 0 Å². The van der Waals surface area contributed by atoms with Gasteiger partial charge in [0.25, 0.3) is 0 Å². The Bertz CT molecular complexity index is 729. The first-order valence-electron chi connectivity index (χ1n) is 11.7. The average molecular weight is 561 g/mol. The zero-order valence-corrected chi connectivity index (χ0v) is 22.6. The lowest BCUT2D eigenvalue weighted by atomic mass is 9.95. The van der Waals surface area contributed by atoms with Gasteiger partial charge in [-0.05, 0) is 55.7 Å². The van der Waals surface area contributed by atoms with Gasteiger partial charge in [0.15, 0.2) is 5.96 Å². The number of hydrogen-bond acceptors (Lipinski definition) is 3. The fraction of sp³-hybridized carbons (Fsp3) is 0.708. The van der Waals surface area contributed by atoms with Gasteiger partial charge in [-0.15, -0.1) is 24.0 Å². The maximum atomic E-state index is 12.2. The third-order valence-electron chi connectivity index (χ3n) is 6.55. The minimum absolute atomic E-state index is 0. The van der Waals surface area contributed by atoms with Crippen molar-refractivity contribution in [2.75, 3.05) is 25.9 Å². The molecule has 3 rings (SSSR count). The predicted octanol–water partition coefficient (Wildman–Crippen LogP) is 4.28. The second-order valence-electron chi connectivity index (χ2n) is 8.98. The molecule has 1 aliphatic carbocycles. The second kappa shape index (κ2) is 13.8. The number of guanidine groups is 1. The van der Waals surface area contributed by atoms with E-state index in [-0.39, 0.29) is 24.0 Å². The molecule has 7 heteroatoms. The summed E-state index contributed by atoms with van der Waals surface area (Å²) in [5.41, 5.74) is 2.75. The number of aliphatic imine (C=N–C) groups is 1. The quantitative estimate of drug-likeness (QED) is 0.297. The van der Waals surface area contributed by atoms with Crippen LogP contribution in [-0.4, -0.2) is 52.3 Å². The summed E-state index contributed by atoms with van der Waals surface area (Å²) >= 11 is 0. The predicted molar refractivity (Wildman–Crippen MR) is 144 cm³/mol. The summed E-state index contributed by atoms with van der Waals surface area (Å²) in [7, 11) is 1.14. The number of benzene rings is 1. The fourth-order valence-corrected chi connectivity index (χ4v) is 6.22. The Morgan fingerprint density at radius 2 is 1.97 bits per heavy atom. The molecule has 0 radical (unpaired) electrons. The normalized spacial score (nSPS) is 26.0. The molecule has 2 N–H and O–H groups in total. The van der Waals surface area contributed by atoms with Crippen LogP contribution in [0.25, 0.3) is 0 Å². The Kier molecular flexibility index (Phi) is 11.8. The van der Waals surface area contributed by atoms with Crippen molar-refractivity contribution in [2.24, 2.45) is 10.9 Å². The van der Waals surface area contributed by atoms with Crippen molar-refractivity contribution in [2.45, 2.75) is 76.8 Å². The summed E-state index contributed by atoms with van der Waals surface area (Å²) in [5.74, 6) is 2.41. The van der Waals surface area contributed by atoms with E-state index in [0.717, 1.165) is 56.4 Å². The van der Waals surface area contributed by atoms with Crippen molar-refractivity contribution < 1.29 is 4.21 Å². The molecule has 176 valence electrons. The van der Waals surface area contributed by atoms with Crippen molar-refractivity contribution in [1.82, 2.24) is 15.5 Å². The molecule has 0 aromatic heterocycles. The first-order chi connectivity index (χ1) is 14.6. The van der Waals surface area contributed by atoms with Gasteiger partial charge in [-0.3, -0.25) is 14.1 Å². The number of hydrogen-bond donors (Lipinski definition) is 2.